The molecule has 2 N–H and O–H groups in total. The van der Waals surface area contributed by atoms with Crippen molar-refractivity contribution in [1.29, 1.82) is 0 Å². The van der Waals surface area contributed by atoms with Crippen molar-refractivity contribution in [2.45, 2.75) is 32.2 Å². The van der Waals surface area contributed by atoms with Gasteiger partial charge in [0.05, 0.1) is 11.4 Å². The molecular formula is C12H18N4O3. The molecule has 7 nitrogen and oxygen atoms in total. The van der Waals surface area contributed by atoms with Gasteiger partial charge in [-0.1, -0.05) is 6.92 Å². The fourth-order valence-corrected chi connectivity index (χ4v) is 2.35. The monoisotopic (exact) mass is 266 g/mol. The number of amides is 2. The smallest absolute Gasteiger partial charge is 0.326 e. The van der Waals surface area contributed by atoms with E-state index in [1.165, 1.54) is 4.90 Å². The summed E-state index contributed by atoms with van der Waals surface area (Å²) in [6, 6.07) is -1.09. The number of aromatic nitrogens is 2. The van der Waals surface area contributed by atoms with Crippen LogP contribution in [-0.2, 0) is 18.3 Å². The number of hydrogen-bond donors (Lipinski definition) is 2. The lowest BCUT2D eigenvalue weighted by molar-refractivity contribution is -0.141. The summed E-state index contributed by atoms with van der Waals surface area (Å²) in [4.78, 5) is 24.5. The van der Waals surface area contributed by atoms with Gasteiger partial charge >= 0.3 is 12.0 Å². The Morgan fingerprint density at radius 3 is 2.95 bits per heavy atom. The molecule has 1 aromatic heterocycles. The number of carboxylic acid groups (broad SMARTS) is 1. The number of urea groups is 1. The van der Waals surface area contributed by atoms with Crippen molar-refractivity contribution in [1.82, 2.24) is 14.7 Å². The average molecular weight is 266 g/mol. The Bertz CT molecular complexity index is 497. The number of likely N-dealkylation sites (tertiary alicyclic amines) is 1. The minimum Gasteiger partial charge on any atom is -0.480 e. The van der Waals surface area contributed by atoms with E-state index in [0.29, 0.717) is 25.1 Å². The molecule has 1 aromatic rings. The van der Waals surface area contributed by atoms with Crippen LogP contribution in [0.5, 0.6) is 0 Å². The summed E-state index contributed by atoms with van der Waals surface area (Å²) in [6.45, 7) is 2.43. The van der Waals surface area contributed by atoms with Crippen molar-refractivity contribution in [3.8, 4) is 0 Å². The van der Waals surface area contributed by atoms with Crippen LogP contribution >= 0.6 is 0 Å². The third-order valence-electron chi connectivity index (χ3n) is 3.28. The fraction of sp³-hybridized carbons (Fsp3) is 0.583. The van der Waals surface area contributed by atoms with Crippen molar-refractivity contribution in [3.05, 3.63) is 11.9 Å². The third kappa shape index (κ3) is 2.69. The highest BCUT2D eigenvalue weighted by Gasteiger charge is 2.34. The van der Waals surface area contributed by atoms with Crippen LogP contribution in [0.3, 0.4) is 0 Å². The fourth-order valence-electron chi connectivity index (χ4n) is 2.35. The summed E-state index contributed by atoms with van der Waals surface area (Å²) in [5.41, 5.74) is 1.44. The maximum absolute atomic E-state index is 12.1. The summed E-state index contributed by atoms with van der Waals surface area (Å²) >= 11 is 0. The van der Waals surface area contributed by atoms with Gasteiger partial charge in [-0.15, -0.1) is 0 Å². The minimum absolute atomic E-state index is 0.368. The summed E-state index contributed by atoms with van der Waals surface area (Å²) in [5, 5.41) is 16.0. The second kappa shape index (κ2) is 5.29. The van der Waals surface area contributed by atoms with Crippen LogP contribution in [0.15, 0.2) is 6.20 Å². The third-order valence-corrected chi connectivity index (χ3v) is 3.28. The molecule has 0 bridgehead atoms. The number of carboxylic acids is 1. The standard InChI is InChI=1S/C12H18N4O3/c1-3-8-9(7-15(2)14-8)13-12(19)16-6-4-5-10(16)11(17)18/h7,10H,3-6H2,1-2H3,(H,13,19)(H,17,18). The molecule has 104 valence electrons. The number of carbonyl (C=O) groups excluding carboxylic acids is 1. The molecule has 19 heavy (non-hydrogen) atoms. The van der Waals surface area contributed by atoms with Crippen LogP contribution < -0.4 is 5.32 Å². The summed E-state index contributed by atoms with van der Waals surface area (Å²) in [5.74, 6) is -0.949. The molecule has 0 aromatic carbocycles. The van der Waals surface area contributed by atoms with Gasteiger partial charge in [0.1, 0.15) is 6.04 Å². The number of nitrogens with zero attached hydrogens (tertiary/aromatic N) is 3. The van der Waals surface area contributed by atoms with E-state index in [-0.39, 0.29) is 6.03 Å². The highest BCUT2D eigenvalue weighted by molar-refractivity contribution is 5.93. The summed E-state index contributed by atoms with van der Waals surface area (Å²) in [6.07, 6.45) is 3.66. The molecule has 0 saturated carbocycles. The Hall–Kier alpha value is -2.05. The number of carbonyl (C=O) groups is 2. The number of anilines is 1. The van der Waals surface area contributed by atoms with Crippen molar-refractivity contribution < 1.29 is 14.7 Å². The van der Waals surface area contributed by atoms with Gasteiger partial charge in [0, 0.05) is 19.8 Å². The van der Waals surface area contributed by atoms with Gasteiger partial charge in [-0.3, -0.25) is 4.68 Å². The minimum atomic E-state index is -0.949. The quantitative estimate of drug-likeness (QED) is 0.856. The Morgan fingerprint density at radius 2 is 2.32 bits per heavy atom. The van der Waals surface area contributed by atoms with Gasteiger partial charge < -0.3 is 15.3 Å². The first kappa shape index (κ1) is 13.4. The molecule has 1 saturated heterocycles. The van der Waals surface area contributed by atoms with Crippen molar-refractivity contribution >= 4 is 17.7 Å². The lowest BCUT2D eigenvalue weighted by atomic mass is 10.2. The lowest BCUT2D eigenvalue weighted by Gasteiger charge is -2.21. The first-order chi connectivity index (χ1) is 9.02. The highest BCUT2D eigenvalue weighted by atomic mass is 16.4. The van der Waals surface area contributed by atoms with Crippen LogP contribution in [0.2, 0.25) is 0 Å². The van der Waals surface area contributed by atoms with E-state index in [4.69, 9.17) is 5.11 Å². The number of aryl methyl sites for hydroxylation is 2. The van der Waals surface area contributed by atoms with Crippen molar-refractivity contribution in [2.75, 3.05) is 11.9 Å². The predicted octanol–water partition coefficient (Wildman–Crippen LogP) is 1.06. The normalized spacial score (nSPS) is 18.6. The van der Waals surface area contributed by atoms with E-state index in [1.807, 2.05) is 6.92 Å². The molecule has 1 unspecified atom stereocenters. The average Bonchev–Trinajstić information content (AvgIpc) is 2.95. The molecule has 0 radical (unpaired) electrons. The summed E-state index contributed by atoms with van der Waals surface area (Å²) < 4.78 is 1.63. The maximum Gasteiger partial charge on any atom is 0.326 e. The molecule has 7 heteroatoms. The predicted molar refractivity (Wildman–Crippen MR) is 69.0 cm³/mol. The molecule has 1 atom stereocenters. The van der Waals surface area contributed by atoms with Gasteiger partial charge in [-0.25, -0.2) is 9.59 Å². The van der Waals surface area contributed by atoms with Crippen LogP contribution in [0, 0.1) is 0 Å². The van der Waals surface area contributed by atoms with Gasteiger partial charge in [-0.2, -0.15) is 5.10 Å². The molecule has 0 aliphatic carbocycles. The number of aliphatic carboxylic acids is 1. The van der Waals surface area contributed by atoms with Crippen LogP contribution in [-0.4, -0.2) is 44.4 Å². The summed E-state index contributed by atoms with van der Waals surface area (Å²) in [7, 11) is 1.78. The number of nitrogens with one attached hydrogen (secondary N) is 1. The van der Waals surface area contributed by atoms with Crippen LogP contribution in [0.1, 0.15) is 25.5 Å². The van der Waals surface area contributed by atoms with E-state index in [0.717, 1.165) is 12.1 Å². The Labute approximate surface area is 111 Å². The molecule has 2 rings (SSSR count). The molecular weight excluding hydrogens is 248 g/mol. The Morgan fingerprint density at radius 1 is 1.58 bits per heavy atom. The molecule has 2 amide bonds. The topological polar surface area (TPSA) is 87.5 Å². The number of rotatable bonds is 3. The second-order valence-electron chi connectivity index (χ2n) is 4.64. The molecule has 0 spiro atoms. The molecule has 2 heterocycles. The van der Waals surface area contributed by atoms with Crippen LogP contribution in [0.4, 0.5) is 10.5 Å². The first-order valence-corrected chi connectivity index (χ1v) is 6.36. The van der Waals surface area contributed by atoms with Gasteiger partial charge in [0.2, 0.25) is 0 Å². The van der Waals surface area contributed by atoms with Gasteiger partial charge in [0.15, 0.2) is 0 Å². The Balaban J connectivity index is 2.10. The highest BCUT2D eigenvalue weighted by Crippen LogP contribution is 2.20. The van der Waals surface area contributed by atoms with E-state index in [2.05, 4.69) is 10.4 Å². The molecule has 1 aliphatic heterocycles. The van der Waals surface area contributed by atoms with Gasteiger partial charge in [-0.05, 0) is 19.3 Å². The van der Waals surface area contributed by atoms with E-state index in [1.54, 1.807) is 17.9 Å². The zero-order chi connectivity index (χ0) is 14.0. The largest absolute Gasteiger partial charge is 0.480 e. The zero-order valence-corrected chi connectivity index (χ0v) is 11.1. The zero-order valence-electron chi connectivity index (χ0n) is 11.1. The van der Waals surface area contributed by atoms with Crippen LogP contribution in [0.25, 0.3) is 0 Å². The maximum atomic E-state index is 12.1. The van der Waals surface area contributed by atoms with E-state index >= 15 is 0 Å². The van der Waals surface area contributed by atoms with Crippen molar-refractivity contribution in [2.24, 2.45) is 7.05 Å². The van der Waals surface area contributed by atoms with E-state index < -0.39 is 12.0 Å². The first-order valence-electron chi connectivity index (χ1n) is 6.36. The molecule has 1 fully saturated rings. The Kier molecular flexibility index (Phi) is 3.73. The lowest BCUT2D eigenvalue weighted by Crippen LogP contribution is -2.42. The van der Waals surface area contributed by atoms with Crippen molar-refractivity contribution in [3.63, 3.8) is 0 Å². The second-order valence-corrected chi connectivity index (χ2v) is 4.64. The molecule has 1 aliphatic rings. The van der Waals surface area contributed by atoms with E-state index in [9.17, 15) is 9.59 Å². The SMILES string of the molecule is CCc1nn(C)cc1NC(=O)N1CCCC1C(=O)O. The van der Waals surface area contributed by atoms with Gasteiger partial charge in [0.25, 0.3) is 0 Å². The number of hydrogen-bond acceptors (Lipinski definition) is 3.